The normalized spacial score (nSPS) is 9.62. The standard InChI is InChI=1S/C20H12O10.2Sn/c21-15(29-19(27)13-7-3-1-5-11(13)17(23)24)9-10-16(22)30-20(28)14-8-4-2-6-12(14)18(25)26;;/h1-10H,(H,23,24)(H,25,26);;/b10-9-;;. The van der Waals surface area contributed by atoms with Gasteiger partial charge < -0.3 is 19.7 Å². The minimum absolute atomic E-state index is 0. The van der Waals surface area contributed by atoms with Gasteiger partial charge in [-0.25, -0.2) is 28.8 Å². The molecule has 0 heterocycles. The first-order valence-corrected chi connectivity index (χ1v) is 8.05. The van der Waals surface area contributed by atoms with Gasteiger partial charge >= 0.3 is 35.8 Å². The molecule has 0 atom stereocenters. The molecule has 0 fully saturated rings. The van der Waals surface area contributed by atoms with Gasteiger partial charge in [-0.3, -0.25) is 0 Å². The van der Waals surface area contributed by atoms with Gasteiger partial charge in [-0.05, 0) is 24.3 Å². The molecule has 2 rings (SSSR count). The van der Waals surface area contributed by atoms with Gasteiger partial charge in [0.2, 0.25) is 0 Å². The van der Waals surface area contributed by atoms with Gasteiger partial charge in [0, 0.05) is 60.0 Å². The molecule has 0 saturated carbocycles. The second-order valence-corrected chi connectivity index (χ2v) is 5.45. The summed E-state index contributed by atoms with van der Waals surface area (Å²) in [5.74, 6) is -7.99. The zero-order valence-corrected chi connectivity index (χ0v) is 21.6. The number of rotatable bonds is 6. The smallest absolute Gasteiger partial charge is 0.346 e. The summed E-state index contributed by atoms with van der Waals surface area (Å²) in [5, 5.41) is 18.0. The molecule has 2 aromatic rings. The molecule has 0 spiro atoms. The molecule has 2 aromatic carbocycles. The van der Waals surface area contributed by atoms with E-state index in [1.165, 1.54) is 24.3 Å². The van der Waals surface area contributed by atoms with E-state index in [0.717, 1.165) is 24.3 Å². The Balaban J connectivity index is 0.00000480. The van der Waals surface area contributed by atoms with Crippen LogP contribution in [0.4, 0.5) is 0 Å². The molecule has 0 bridgehead atoms. The van der Waals surface area contributed by atoms with Crippen LogP contribution in [0.2, 0.25) is 0 Å². The summed E-state index contributed by atoms with van der Waals surface area (Å²) >= 11 is 0. The van der Waals surface area contributed by atoms with Crippen LogP contribution in [0.3, 0.4) is 0 Å². The number of aromatic carboxylic acids is 2. The largest absolute Gasteiger partial charge is 0.478 e. The Morgan fingerprint density at radius 2 is 0.844 bits per heavy atom. The molecule has 32 heavy (non-hydrogen) atoms. The Hall–Kier alpha value is -3.00. The van der Waals surface area contributed by atoms with Gasteiger partial charge in [0.05, 0.1) is 22.3 Å². The number of carbonyl (C=O) groups is 6. The van der Waals surface area contributed by atoms with E-state index in [1.807, 2.05) is 0 Å². The topological polar surface area (TPSA) is 161 Å². The molecular formula is C20H12O10Sn2. The van der Waals surface area contributed by atoms with Crippen LogP contribution < -0.4 is 0 Å². The van der Waals surface area contributed by atoms with Crippen LogP contribution in [-0.4, -0.2) is 93.8 Å². The maximum absolute atomic E-state index is 11.9. The van der Waals surface area contributed by atoms with Crippen molar-refractivity contribution in [3.63, 3.8) is 0 Å². The molecule has 0 saturated heterocycles. The quantitative estimate of drug-likeness (QED) is 0.200. The minimum atomic E-state index is -1.41. The van der Waals surface area contributed by atoms with Gasteiger partial charge in [-0.2, -0.15) is 0 Å². The fourth-order valence-electron chi connectivity index (χ4n) is 2.19. The van der Waals surface area contributed by atoms with Crippen molar-refractivity contribution in [3.8, 4) is 0 Å². The first-order valence-electron chi connectivity index (χ1n) is 8.05. The first-order chi connectivity index (χ1) is 14.2. The molecule has 0 amide bonds. The van der Waals surface area contributed by atoms with Crippen molar-refractivity contribution in [1.29, 1.82) is 0 Å². The van der Waals surface area contributed by atoms with Crippen molar-refractivity contribution >= 4 is 83.6 Å². The fraction of sp³-hybridized carbons (Fsp3) is 0. The zero-order valence-electron chi connectivity index (χ0n) is 15.9. The van der Waals surface area contributed by atoms with Crippen molar-refractivity contribution in [3.05, 3.63) is 82.9 Å². The number of hydrogen-bond acceptors (Lipinski definition) is 8. The van der Waals surface area contributed by atoms with Gasteiger partial charge in [-0.1, -0.05) is 24.3 Å². The molecule has 0 aliphatic carbocycles. The third-order valence-electron chi connectivity index (χ3n) is 3.50. The number of ether oxygens (including phenoxy) is 2. The Morgan fingerprint density at radius 3 is 1.12 bits per heavy atom. The summed E-state index contributed by atoms with van der Waals surface area (Å²) < 4.78 is 8.84. The van der Waals surface area contributed by atoms with Crippen LogP contribution in [0, 0.1) is 0 Å². The van der Waals surface area contributed by atoms with Crippen molar-refractivity contribution in [1.82, 2.24) is 0 Å². The average molecular weight is 650 g/mol. The van der Waals surface area contributed by atoms with Crippen LogP contribution in [0.1, 0.15) is 41.4 Å². The van der Waals surface area contributed by atoms with Crippen molar-refractivity contribution in [2.45, 2.75) is 0 Å². The molecular weight excluding hydrogens is 638 g/mol. The summed E-state index contributed by atoms with van der Waals surface area (Å²) in [6.07, 6.45) is 0.972. The van der Waals surface area contributed by atoms with Crippen molar-refractivity contribution < 1.29 is 48.5 Å². The monoisotopic (exact) mass is 652 g/mol. The average Bonchev–Trinajstić information content (AvgIpc) is 2.72. The molecule has 12 heteroatoms. The number of esters is 4. The fourth-order valence-corrected chi connectivity index (χ4v) is 2.19. The second kappa shape index (κ2) is 13.4. The van der Waals surface area contributed by atoms with Gasteiger partial charge in [-0.15, -0.1) is 0 Å². The number of hydrogen-bond donors (Lipinski definition) is 2. The third-order valence-corrected chi connectivity index (χ3v) is 3.50. The summed E-state index contributed by atoms with van der Waals surface area (Å²) in [4.78, 5) is 69.3. The first kappa shape index (κ1) is 29.0. The number of carboxylic acid groups (broad SMARTS) is 2. The van der Waals surface area contributed by atoms with E-state index in [2.05, 4.69) is 9.47 Å². The number of carboxylic acids is 2. The van der Waals surface area contributed by atoms with Crippen LogP contribution in [0.15, 0.2) is 60.7 Å². The van der Waals surface area contributed by atoms with Crippen LogP contribution >= 0.6 is 0 Å². The number of carbonyl (C=O) groups excluding carboxylic acids is 4. The summed E-state index contributed by atoms with van der Waals surface area (Å²) in [7, 11) is 0. The Labute approximate surface area is 214 Å². The molecule has 2 N–H and O–H groups in total. The molecule has 0 aliphatic heterocycles. The van der Waals surface area contributed by atoms with Crippen LogP contribution in [0.5, 0.6) is 0 Å². The van der Waals surface area contributed by atoms with E-state index in [1.54, 1.807) is 0 Å². The predicted molar refractivity (Wildman–Crippen MR) is 108 cm³/mol. The molecule has 0 aliphatic rings. The van der Waals surface area contributed by atoms with E-state index in [-0.39, 0.29) is 70.1 Å². The van der Waals surface area contributed by atoms with E-state index in [0.29, 0.717) is 12.2 Å². The third kappa shape index (κ3) is 7.92. The molecule has 0 aromatic heterocycles. The molecule has 10 nitrogen and oxygen atoms in total. The number of benzene rings is 2. The van der Waals surface area contributed by atoms with Crippen molar-refractivity contribution in [2.75, 3.05) is 0 Å². The Morgan fingerprint density at radius 1 is 0.562 bits per heavy atom. The van der Waals surface area contributed by atoms with Crippen LogP contribution in [-0.2, 0) is 19.1 Å². The zero-order chi connectivity index (χ0) is 22.3. The van der Waals surface area contributed by atoms with Gasteiger partial charge in [0.15, 0.2) is 0 Å². The molecule has 8 radical (unpaired) electrons. The maximum Gasteiger partial charge on any atom is 0.346 e. The summed E-state index contributed by atoms with van der Waals surface area (Å²) in [6.45, 7) is 0. The predicted octanol–water partition coefficient (Wildman–Crippen LogP) is 0.945. The van der Waals surface area contributed by atoms with Crippen molar-refractivity contribution in [2.24, 2.45) is 0 Å². The Kier molecular flexibility index (Phi) is 12.2. The second-order valence-electron chi connectivity index (χ2n) is 5.45. The molecule has 0 unspecified atom stereocenters. The molecule has 160 valence electrons. The van der Waals surface area contributed by atoms with E-state index in [9.17, 15) is 28.8 Å². The maximum atomic E-state index is 11.9. The summed E-state index contributed by atoms with van der Waals surface area (Å²) in [6, 6.07) is 10.0. The summed E-state index contributed by atoms with van der Waals surface area (Å²) in [5.41, 5.74) is -1.53. The van der Waals surface area contributed by atoms with E-state index >= 15 is 0 Å². The van der Waals surface area contributed by atoms with Gasteiger partial charge in [0.1, 0.15) is 0 Å². The Bertz CT molecular complexity index is 1010. The SMILES string of the molecule is O=C(/C=C\C(=O)OC(=O)c1ccccc1C(=O)O)OC(=O)c1ccccc1C(=O)O.[Sn].[Sn]. The van der Waals surface area contributed by atoms with Crippen LogP contribution in [0.25, 0.3) is 0 Å². The van der Waals surface area contributed by atoms with E-state index in [4.69, 9.17) is 10.2 Å². The van der Waals surface area contributed by atoms with E-state index < -0.39 is 35.8 Å². The minimum Gasteiger partial charge on any atom is -0.478 e. The van der Waals surface area contributed by atoms with Gasteiger partial charge in [0.25, 0.3) is 0 Å².